The minimum Gasteiger partial charge on any atom is -0.348 e. The summed E-state index contributed by atoms with van der Waals surface area (Å²) in [5, 5.41) is 13.8. The minimum absolute atomic E-state index is 0.0384. The Kier molecular flexibility index (Phi) is 5.31. The summed E-state index contributed by atoms with van der Waals surface area (Å²) in [6.45, 7) is 5.41. The van der Waals surface area contributed by atoms with E-state index in [1.54, 1.807) is 26.0 Å². The zero-order chi connectivity index (χ0) is 17.9. The lowest BCUT2D eigenvalue weighted by Crippen LogP contribution is -2.35. The Bertz CT molecular complexity index is 757. The fourth-order valence-electron chi connectivity index (χ4n) is 2.40. The summed E-state index contributed by atoms with van der Waals surface area (Å²) in [4.78, 5) is 22.9. The number of nitro benzene ring substituents is 1. The summed E-state index contributed by atoms with van der Waals surface area (Å²) in [5.74, 6) is -0.324. The van der Waals surface area contributed by atoms with Gasteiger partial charge < -0.3 is 11.1 Å². The Morgan fingerprint density at radius 3 is 2.29 bits per heavy atom. The van der Waals surface area contributed by atoms with E-state index < -0.39 is 11.0 Å². The average molecular weight is 327 g/mol. The van der Waals surface area contributed by atoms with Crippen LogP contribution in [0.1, 0.15) is 41.3 Å². The number of nitrogens with two attached hydrogens (primary N) is 1. The lowest BCUT2D eigenvalue weighted by Gasteiger charge is -2.18. The molecule has 2 rings (SSSR count). The number of hydrogen-bond donors (Lipinski definition) is 2. The molecule has 0 radical (unpaired) electrons. The topological polar surface area (TPSA) is 98.3 Å². The predicted octanol–water partition coefficient (Wildman–Crippen LogP) is 3.09. The van der Waals surface area contributed by atoms with E-state index >= 15 is 0 Å². The molecular formula is C18H21N3O3. The highest BCUT2D eigenvalue weighted by atomic mass is 16.6. The maximum atomic E-state index is 12.3. The molecule has 0 aliphatic carbocycles. The van der Waals surface area contributed by atoms with Crippen molar-refractivity contribution in [3.8, 4) is 0 Å². The van der Waals surface area contributed by atoms with Crippen LogP contribution in [-0.2, 0) is 4.79 Å². The summed E-state index contributed by atoms with van der Waals surface area (Å²) in [5.41, 5.74) is 9.09. The van der Waals surface area contributed by atoms with E-state index in [1.165, 1.54) is 6.07 Å². The van der Waals surface area contributed by atoms with Gasteiger partial charge in [-0.05, 0) is 31.9 Å². The molecular weight excluding hydrogens is 306 g/mol. The van der Waals surface area contributed by atoms with Crippen LogP contribution in [0.3, 0.4) is 0 Å². The van der Waals surface area contributed by atoms with Crippen LogP contribution < -0.4 is 11.1 Å². The van der Waals surface area contributed by atoms with Gasteiger partial charge in [0.05, 0.1) is 11.0 Å². The van der Waals surface area contributed by atoms with Crippen LogP contribution in [0.15, 0.2) is 42.5 Å². The molecule has 0 spiro atoms. The first kappa shape index (κ1) is 17.6. The number of carbonyl (C=O) groups excluding carboxylic acids is 1. The molecule has 0 aliphatic heterocycles. The maximum Gasteiger partial charge on any atom is 0.272 e. The second-order valence-corrected chi connectivity index (χ2v) is 5.92. The van der Waals surface area contributed by atoms with E-state index in [1.807, 2.05) is 31.2 Å². The second kappa shape index (κ2) is 7.23. The third-order valence-corrected chi connectivity index (χ3v) is 4.01. The molecule has 2 atom stereocenters. The van der Waals surface area contributed by atoms with Gasteiger partial charge in [-0.3, -0.25) is 14.9 Å². The van der Waals surface area contributed by atoms with Gasteiger partial charge in [0, 0.05) is 11.6 Å². The highest BCUT2D eigenvalue weighted by Gasteiger charge is 2.20. The second-order valence-electron chi connectivity index (χ2n) is 5.92. The van der Waals surface area contributed by atoms with Crippen molar-refractivity contribution in [3.05, 3.63) is 74.8 Å². The minimum atomic E-state index is -0.784. The quantitative estimate of drug-likeness (QED) is 0.651. The first-order valence-corrected chi connectivity index (χ1v) is 7.67. The maximum absolute atomic E-state index is 12.3. The number of nitro groups is 1. The zero-order valence-electron chi connectivity index (χ0n) is 13.9. The van der Waals surface area contributed by atoms with Gasteiger partial charge in [0.1, 0.15) is 6.04 Å². The fourth-order valence-corrected chi connectivity index (χ4v) is 2.40. The van der Waals surface area contributed by atoms with Gasteiger partial charge in [-0.2, -0.15) is 0 Å². The van der Waals surface area contributed by atoms with Crippen molar-refractivity contribution < 1.29 is 9.72 Å². The van der Waals surface area contributed by atoms with Gasteiger partial charge >= 0.3 is 0 Å². The standard InChI is InChI=1S/C18H21N3O3/c1-11-4-7-14(8-5-11)17(19)18(22)20-13(3)15-9-6-12(2)16(10-15)21(23)24/h4-10,13,17H,19H2,1-3H3,(H,20,22). The fraction of sp³-hybridized carbons (Fsp3) is 0.278. The summed E-state index contributed by atoms with van der Waals surface area (Å²) in [6.07, 6.45) is 0. The van der Waals surface area contributed by atoms with Crippen molar-refractivity contribution in [2.75, 3.05) is 0 Å². The Labute approximate surface area is 140 Å². The molecule has 6 nitrogen and oxygen atoms in total. The molecule has 126 valence electrons. The molecule has 0 fully saturated rings. The van der Waals surface area contributed by atoms with Crippen molar-refractivity contribution in [3.63, 3.8) is 0 Å². The molecule has 1 amide bonds. The first-order chi connectivity index (χ1) is 11.3. The van der Waals surface area contributed by atoms with Gasteiger partial charge in [0.2, 0.25) is 5.91 Å². The molecule has 2 unspecified atom stereocenters. The summed E-state index contributed by atoms with van der Waals surface area (Å²) in [7, 11) is 0. The number of amides is 1. The van der Waals surface area contributed by atoms with Crippen molar-refractivity contribution >= 4 is 11.6 Å². The van der Waals surface area contributed by atoms with Gasteiger partial charge in [-0.1, -0.05) is 42.0 Å². The van der Waals surface area contributed by atoms with E-state index in [2.05, 4.69) is 5.32 Å². The van der Waals surface area contributed by atoms with E-state index in [0.717, 1.165) is 11.1 Å². The molecule has 6 heteroatoms. The molecule has 2 aromatic carbocycles. The number of benzene rings is 2. The van der Waals surface area contributed by atoms with Crippen LogP contribution in [0.5, 0.6) is 0 Å². The largest absolute Gasteiger partial charge is 0.348 e. The lowest BCUT2D eigenvalue weighted by atomic mass is 10.0. The van der Waals surface area contributed by atoms with Crippen LogP contribution in [0.4, 0.5) is 5.69 Å². The smallest absolute Gasteiger partial charge is 0.272 e. The molecule has 0 aliphatic rings. The summed E-state index contributed by atoms with van der Waals surface area (Å²) >= 11 is 0. The van der Waals surface area contributed by atoms with Crippen LogP contribution in [0, 0.1) is 24.0 Å². The van der Waals surface area contributed by atoms with E-state index in [-0.39, 0.29) is 17.6 Å². The van der Waals surface area contributed by atoms with Crippen molar-refractivity contribution in [2.24, 2.45) is 5.73 Å². The highest BCUT2D eigenvalue weighted by Crippen LogP contribution is 2.23. The normalized spacial score (nSPS) is 13.2. The van der Waals surface area contributed by atoms with E-state index in [9.17, 15) is 14.9 Å². The van der Waals surface area contributed by atoms with E-state index in [0.29, 0.717) is 11.1 Å². The number of hydrogen-bond acceptors (Lipinski definition) is 4. The lowest BCUT2D eigenvalue weighted by molar-refractivity contribution is -0.385. The van der Waals surface area contributed by atoms with Crippen LogP contribution in [-0.4, -0.2) is 10.8 Å². The summed E-state index contributed by atoms with van der Waals surface area (Å²) < 4.78 is 0. The first-order valence-electron chi connectivity index (χ1n) is 7.67. The monoisotopic (exact) mass is 327 g/mol. The molecule has 0 aromatic heterocycles. The van der Waals surface area contributed by atoms with Crippen molar-refractivity contribution in [2.45, 2.75) is 32.9 Å². The highest BCUT2D eigenvalue weighted by molar-refractivity contribution is 5.83. The SMILES string of the molecule is Cc1ccc(C(N)C(=O)NC(C)c2ccc(C)c([N+](=O)[O-])c2)cc1. The van der Waals surface area contributed by atoms with Crippen LogP contribution in [0.25, 0.3) is 0 Å². The third-order valence-electron chi connectivity index (χ3n) is 4.01. The zero-order valence-corrected chi connectivity index (χ0v) is 13.9. The number of nitrogens with zero attached hydrogens (tertiary/aromatic N) is 1. The van der Waals surface area contributed by atoms with Crippen molar-refractivity contribution in [1.29, 1.82) is 0 Å². The number of nitrogens with one attached hydrogen (secondary N) is 1. The average Bonchev–Trinajstić information content (AvgIpc) is 2.54. The van der Waals surface area contributed by atoms with Gasteiger partial charge in [0.25, 0.3) is 5.69 Å². The number of carbonyl (C=O) groups is 1. The Hall–Kier alpha value is -2.73. The molecule has 3 N–H and O–H groups in total. The molecule has 0 heterocycles. The Balaban J connectivity index is 2.12. The van der Waals surface area contributed by atoms with E-state index in [4.69, 9.17) is 5.73 Å². The van der Waals surface area contributed by atoms with Gasteiger partial charge in [-0.15, -0.1) is 0 Å². The molecule has 0 saturated carbocycles. The van der Waals surface area contributed by atoms with Gasteiger partial charge in [0.15, 0.2) is 0 Å². The summed E-state index contributed by atoms with van der Waals surface area (Å²) in [6, 6.07) is 11.2. The van der Waals surface area contributed by atoms with Gasteiger partial charge in [-0.25, -0.2) is 0 Å². The molecule has 2 aromatic rings. The molecule has 0 saturated heterocycles. The van der Waals surface area contributed by atoms with Crippen LogP contribution in [0.2, 0.25) is 0 Å². The Morgan fingerprint density at radius 2 is 1.71 bits per heavy atom. The van der Waals surface area contributed by atoms with Crippen LogP contribution >= 0.6 is 0 Å². The molecule has 24 heavy (non-hydrogen) atoms. The molecule has 0 bridgehead atoms. The predicted molar refractivity (Wildman–Crippen MR) is 92.5 cm³/mol. The third kappa shape index (κ3) is 3.97. The Morgan fingerprint density at radius 1 is 1.12 bits per heavy atom. The number of aryl methyl sites for hydroxylation is 2. The van der Waals surface area contributed by atoms with Crippen molar-refractivity contribution in [1.82, 2.24) is 5.32 Å². The number of rotatable bonds is 5.